The highest BCUT2D eigenvalue weighted by Gasteiger charge is 2.51. The maximum atomic E-state index is 13.1. The average molecular weight is 711 g/mol. The van der Waals surface area contributed by atoms with Gasteiger partial charge in [-0.15, -0.1) is 0 Å². The second-order valence-electron chi connectivity index (χ2n) is 11.5. The van der Waals surface area contributed by atoms with Crippen LogP contribution in [0.3, 0.4) is 0 Å². The van der Waals surface area contributed by atoms with Crippen molar-refractivity contribution in [2.24, 2.45) is 0 Å². The molecule has 0 spiro atoms. The summed E-state index contributed by atoms with van der Waals surface area (Å²) in [6.45, 7) is 5.46. The summed E-state index contributed by atoms with van der Waals surface area (Å²) in [5.41, 5.74) is 0.544. The van der Waals surface area contributed by atoms with Gasteiger partial charge in [0.1, 0.15) is 23.7 Å². The van der Waals surface area contributed by atoms with Gasteiger partial charge >= 0.3 is 35.8 Å². The number of hydrogen-bond donors (Lipinski definition) is 0. The Morgan fingerprint density at radius 3 is 1.37 bits per heavy atom. The number of hydrogen-bond acceptors (Lipinski definition) is 14. The summed E-state index contributed by atoms with van der Waals surface area (Å²) in [5, 5.41) is 2.72. The first-order valence-corrected chi connectivity index (χ1v) is 15.8. The van der Waals surface area contributed by atoms with Gasteiger partial charge in [-0.1, -0.05) is 37.4 Å². The molecule has 14 nitrogen and oxygen atoms in total. The van der Waals surface area contributed by atoms with Crippen LogP contribution in [0.15, 0.2) is 98.1 Å². The van der Waals surface area contributed by atoms with Crippen LogP contribution in [0.5, 0.6) is 11.5 Å². The van der Waals surface area contributed by atoms with E-state index in [4.69, 9.17) is 28.4 Å². The third-order valence-corrected chi connectivity index (χ3v) is 8.04. The summed E-state index contributed by atoms with van der Waals surface area (Å²) in [5.74, 6) is -3.78. The van der Waals surface area contributed by atoms with Crippen molar-refractivity contribution in [3.8, 4) is 11.5 Å². The summed E-state index contributed by atoms with van der Waals surface area (Å²) < 4.78 is 42.9. The first-order chi connectivity index (χ1) is 25.1. The minimum atomic E-state index is -0.766. The lowest BCUT2D eigenvalue weighted by Crippen LogP contribution is -2.36. The first kappa shape index (κ1) is 35.4. The maximum Gasteiger partial charge on any atom is 0.349 e. The van der Waals surface area contributed by atoms with E-state index in [1.165, 1.54) is 12.1 Å². The van der Waals surface area contributed by atoms with Gasteiger partial charge in [0.05, 0.1) is 24.3 Å². The van der Waals surface area contributed by atoms with Crippen LogP contribution in [0.4, 0.5) is 0 Å². The smallest absolute Gasteiger partial charge is 0.349 e. The molecule has 2 aliphatic rings. The molecule has 4 aromatic carbocycles. The normalized spacial score (nSPS) is 18.8. The Hall–Kier alpha value is -6.38. The molecule has 2 aliphatic heterocycles. The molecule has 52 heavy (non-hydrogen) atoms. The highest BCUT2D eigenvalue weighted by molar-refractivity contribution is 5.97. The molecule has 0 N–H and O–H groups in total. The molecule has 4 aromatic rings. The Kier molecular flexibility index (Phi) is 10.7. The van der Waals surface area contributed by atoms with Crippen molar-refractivity contribution in [3.63, 3.8) is 0 Å². The summed E-state index contributed by atoms with van der Waals surface area (Å²) in [4.78, 5) is 72.4. The number of rotatable bonds is 12. The van der Waals surface area contributed by atoms with Crippen molar-refractivity contribution in [1.29, 1.82) is 0 Å². The SMILES string of the molecule is C=CC(=O)OCC(=O)Oc1ccc2cc(C(=O)OC3COC4C3OC[C@H]4OC(=O)c3ccc4cc(OC(=O)COC(=O)C=C)ccc4c3)ccc2c1. The van der Waals surface area contributed by atoms with Crippen LogP contribution in [0.1, 0.15) is 20.7 Å². The van der Waals surface area contributed by atoms with E-state index in [0.29, 0.717) is 21.5 Å². The second-order valence-corrected chi connectivity index (χ2v) is 11.5. The van der Waals surface area contributed by atoms with Gasteiger partial charge in [0, 0.05) is 12.2 Å². The molecular weight excluding hydrogens is 680 g/mol. The van der Waals surface area contributed by atoms with E-state index in [9.17, 15) is 28.8 Å². The van der Waals surface area contributed by atoms with E-state index in [0.717, 1.165) is 12.2 Å². The van der Waals surface area contributed by atoms with Gasteiger partial charge in [-0.3, -0.25) is 0 Å². The highest BCUT2D eigenvalue weighted by Crippen LogP contribution is 2.32. The van der Waals surface area contributed by atoms with Crippen molar-refractivity contribution in [2.75, 3.05) is 26.4 Å². The molecule has 2 heterocycles. The second kappa shape index (κ2) is 15.7. The van der Waals surface area contributed by atoms with E-state index < -0.39 is 73.4 Å². The molecule has 0 bridgehead atoms. The van der Waals surface area contributed by atoms with Gasteiger partial charge in [0.2, 0.25) is 0 Å². The molecule has 4 atom stereocenters. The lowest BCUT2D eigenvalue weighted by Gasteiger charge is -2.17. The Bertz CT molecular complexity index is 1950. The molecule has 0 aliphatic carbocycles. The maximum absolute atomic E-state index is 13.1. The zero-order valence-corrected chi connectivity index (χ0v) is 27.4. The number of benzene rings is 4. The van der Waals surface area contributed by atoms with Crippen LogP contribution in [-0.4, -0.2) is 86.7 Å². The number of esters is 6. The third kappa shape index (κ3) is 8.31. The summed E-state index contributed by atoms with van der Waals surface area (Å²) in [7, 11) is 0. The van der Waals surface area contributed by atoms with Crippen molar-refractivity contribution in [2.45, 2.75) is 24.4 Å². The van der Waals surface area contributed by atoms with E-state index >= 15 is 0 Å². The van der Waals surface area contributed by atoms with Crippen molar-refractivity contribution in [1.82, 2.24) is 0 Å². The minimum Gasteiger partial charge on any atom is -0.453 e. The molecule has 0 radical (unpaired) electrons. The molecule has 266 valence electrons. The van der Waals surface area contributed by atoms with Gasteiger partial charge in [-0.25, -0.2) is 28.8 Å². The topological polar surface area (TPSA) is 176 Å². The Morgan fingerprint density at radius 1 is 0.577 bits per heavy atom. The van der Waals surface area contributed by atoms with Gasteiger partial charge < -0.3 is 37.9 Å². The molecule has 3 unspecified atom stereocenters. The summed E-state index contributed by atoms with van der Waals surface area (Å²) in [6.07, 6.45) is -0.912. The fourth-order valence-corrected chi connectivity index (χ4v) is 5.57. The number of ether oxygens (including phenoxy) is 8. The highest BCUT2D eigenvalue weighted by atomic mass is 16.7. The van der Waals surface area contributed by atoms with Crippen LogP contribution < -0.4 is 9.47 Å². The first-order valence-electron chi connectivity index (χ1n) is 15.8. The lowest BCUT2D eigenvalue weighted by atomic mass is 10.1. The van der Waals surface area contributed by atoms with Crippen molar-refractivity contribution in [3.05, 3.63) is 109 Å². The van der Waals surface area contributed by atoms with E-state index in [2.05, 4.69) is 22.6 Å². The number of fused-ring (bicyclic) bond motifs is 3. The molecule has 0 aromatic heterocycles. The molecule has 14 heteroatoms. The van der Waals surface area contributed by atoms with Crippen molar-refractivity contribution < 1.29 is 66.7 Å². The van der Waals surface area contributed by atoms with E-state index in [1.807, 2.05) is 0 Å². The Morgan fingerprint density at radius 2 is 0.962 bits per heavy atom. The third-order valence-electron chi connectivity index (χ3n) is 8.04. The lowest BCUT2D eigenvalue weighted by molar-refractivity contribution is -0.150. The van der Waals surface area contributed by atoms with E-state index in [-0.39, 0.29) is 35.8 Å². The van der Waals surface area contributed by atoms with Gasteiger partial charge in [0.15, 0.2) is 25.4 Å². The van der Waals surface area contributed by atoms with Gasteiger partial charge in [-0.05, 0) is 70.1 Å². The zero-order chi connectivity index (χ0) is 36.8. The Labute approximate surface area is 295 Å². The van der Waals surface area contributed by atoms with Crippen LogP contribution in [0.2, 0.25) is 0 Å². The van der Waals surface area contributed by atoms with Crippen LogP contribution in [-0.2, 0) is 47.6 Å². The van der Waals surface area contributed by atoms with E-state index in [1.54, 1.807) is 60.7 Å². The molecule has 0 saturated carbocycles. The van der Waals surface area contributed by atoms with Crippen LogP contribution in [0.25, 0.3) is 21.5 Å². The molecule has 0 amide bonds. The summed E-state index contributed by atoms with van der Waals surface area (Å²) >= 11 is 0. The minimum absolute atomic E-state index is 0.0408. The fraction of sp³-hybridized carbons (Fsp3) is 0.211. The predicted molar refractivity (Wildman–Crippen MR) is 179 cm³/mol. The standard InChI is InChI=1S/C38H30O14/c1-3-31(39)45-19-33(41)49-27-11-9-21-13-25(7-5-23(21)15-27)37(43)51-29-17-47-36-30(18-48-35(29)36)52-38(44)26-8-6-24-16-28(12-10-22(24)14-26)50-34(42)20-46-32(40)4-2/h3-16,29-30,35-36H,1-2,17-20H2/t29-,30?,35?,36?/m1/s1. The van der Waals surface area contributed by atoms with Crippen molar-refractivity contribution >= 4 is 57.4 Å². The fourth-order valence-electron chi connectivity index (χ4n) is 5.57. The van der Waals surface area contributed by atoms with Crippen LogP contribution >= 0.6 is 0 Å². The molecule has 2 fully saturated rings. The number of carbonyl (C=O) groups is 6. The largest absolute Gasteiger partial charge is 0.453 e. The number of carbonyl (C=O) groups excluding carboxylic acids is 6. The average Bonchev–Trinajstić information content (AvgIpc) is 3.74. The molecular formula is C38H30O14. The molecule has 2 saturated heterocycles. The quantitative estimate of drug-likeness (QED) is 0.0898. The Balaban J connectivity index is 1.01. The summed E-state index contributed by atoms with van der Waals surface area (Å²) in [6, 6.07) is 19.3. The van der Waals surface area contributed by atoms with Gasteiger partial charge in [-0.2, -0.15) is 0 Å². The monoisotopic (exact) mass is 710 g/mol. The van der Waals surface area contributed by atoms with Gasteiger partial charge in [0.25, 0.3) is 0 Å². The van der Waals surface area contributed by atoms with Crippen LogP contribution in [0, 0.1) is 0 Å². The molecule has 6 rings (SSSR count). The zero-order valence-electron chi connectivity index (χ0n) is 27.4. The predicted octanol–water partition coefficient (Wildman–Crippen LogP) is 3.81.